The standard InChI is InChI=1S/C16H22N2O2S/c1-13(2)14-3-5-15(6-4-14)21-11-16(20)18-9-7-17(12-19)8-10-18/h3-6,12-13H,7-11H2,1-2H3. The molecule has 1 aromatic carbocycles. The van der Waals surface area contributed by atoms with Crippen molar-refractivity contribution in [2.24, 2.45) is 0 Å². The Kier molecular flexibility index (Phi) is 5.67. The second-order valence-electron chi connectivity index (χ2n) is 5.53. The first-order valence-corrected chi connectivity index (χ1v) is 8.28. The number of rotatable bonds is 5. The number of thioether (sulfide) groups is 1. The number of piperazine rings is 1. The van der Waals surface area contributed by atoms with Crippen LogP contribution in [0.25, 0.3) is 0 Å². The van der Waals surface area contributed by atoms with Crippen LogP contribution in [-0.4, -0.2) is 54.0 Å². The topological polar surface area (TPSA) is 40.6 Å². The van der Waals surface area contributed by atoms with Crippen molar-refractivity contribution in [3.8, 4) is 0 Å². The van der Waals surface area contributed by atoms with E-state index in [2.05, 4.69) is 38.1 Å². The Balaban J connectivity index is 1.80. The van der Waals surface area contributed by atoms with E-state index in [4.69, 9.17) is 0 Å². The summed E-state index contributed by atoms with van der Waals surface area (Å²) in [6, 6.07) is 8.41. The highest BCUT2D eigenvalue weighted by Crippen LogP contribution is 2.22. The van der Waals surface area contributed by atoms with E-state index in [1.165, 1.54) is 5.56 Å². The molecule has 0 saturated carbocycles. The first kappa shape index (κ1) is 15.9. The number of amides is 2. The molecule has 0 N–H and O–H groups in total. The normalized spacial score (nSPS) is 15.4. The third-order valence-corrected chi connectivity index (χ3v) is 4.72. The van der Waals surface area contributed by atoms with Gasteiger partial charge in [0, 0.05) is 31.1 Å². The van der Waals surface area contributed by atoms with E-state index in [1.807, 2.05) is 4.90 Å². The number of hydrogen-bond acceptors (Lipinski definition) is 3. The minimum Gasteiger partial charge on any atom is -0.342 e. The van der Waals surface area contributed by atoms with Crippen LogP contribution in [0.15, 0.2) is 29.2 Å². The Hall–Kier alpha value is -1.49. The molecule has 5 heteroatoms. The molecule has 0 spiro atoms. The minimum absolute atomic E-state index is 0.151. The quantitative estimate of drug-likeness (QED) is 0.618. The molecule has 0 bridgehead atoms. The molecule has 1 aliphatic rings. The van der Waals surface area contributed by atoms with Crippen LogP contribution in [0, 0.1) is 0 Å². The Morgan fingerprint density at radius 3 is 2.33 bits per heavy atom. The van der Waals surface area contributed by atoms with Gasteiger partial charge in [0.05, 0.1) is 5.75 Å². The number of nitrogens with zero attached hydrogens (tertiary/aromatic N) is 2. The Morgan fingerprint density at radius 1 is 1.19 bits per heavy atom. The third kappa shape index (κ3) is 4.49. The molecule has 1 heterocycles. The zero-order valence-electron chi connectivity index (χ0n) is 12.6. The summed E-state index contributed by atoms with van der Waals surface area (Å²) in [5.74, 6) is 1.14. The van der Waals surface area contributed by atoms with Gasteiger partial charge >= 0.3 is 0 Å². The van der Waals surface area contributed by atoms with E-state index in [0.29, 0.717) is 37.8 Å². The SMILES string of the molecule is CC(C)c1ccc(SCC(=O)N2CCN(C=O)CC2)cc1. The Morgan fingerprint density at radius 2 is 1.81 bits per heavy atom. The van der Waals surface area contributed by atoms with Gasteiger partial charge in [-0.2, -0.15) is 0 Å². The molecular formula is C16H22N2O2S. The van der Waals surface area contributed by atoms with Crippen LogP contribution in [0.1, 0.15) is 25.3 Å². The van der Waals surface area contributed by atoms with E-state index in [-0.39, 0.29) is 5.91 Å². The lowest BCUT2D eigenvalue weighted by Gasteiger charge is -2.32. The van der Waals surface area contributed by atoms with Gasteiger partial charge in [-0.1, -0.05) is 26.0 Å². The molecule has 0 aliphatic carbocycles. The summed E-state index contributed by atoms with van der Waals surface area (Å²) in [7, 11) is 0. The molecular weight excluding hydrogens is 284 g/mol. The van der Waals surface area contributed by atoms with Crippen molar-refractivity contribution in [2.45, 2.75) is 24.7 Å². The van der Waals surface area contributed by atoms with Crippen molar-refractivity contribution in [3.63, 3.8) is 0 Å². The molecule has 1 fully saturated rings. The van der Waals surface area contributed by atoms with Gasteiger partial charge in [0.15, 0.2) is 0 Å². The number of benzene rings is 1. The minimum atomic E-state index is 0.151. The van der Waals surface area contributed by atoms with Crippen molar-refractivity contribution in [1.82, 2.24) is 9.80 Å². The van der Waals surface area contributed by atoms with Crippen molar-refractivity contribution < 1.29 is 9.59 Å². The smallest absolute Gasteiger partial charge is 0.233 e. The fourth-order valence-electron chi connectivity index (χ4n) is 2.26. The third-order valence-electron chi connectivity index (χ3n) is 3.73. The van der Waals surface area contributed by atoms with Gasteiger partial charge in [-0.05, 0) is 23.6 Å². The summed E-state index contributed by atoms with van der Waals surface area (Å²) in [4.78, 5) is 27.5. The van der Waals surface area contributed by atoms with Gasteiger partial charge in [0.25, 0.3) is 0 Å². The molecule has 0 atom stereocenters. The van der Waals surface area contributed by atoms with Gasteiger partial charge in [0.1, 0.15) is 0 Å². The molecule has 2 rings (SSSR count). The maximum Gasteiger partial charge on any atom is 0.233 e. The van der Waals surface area contributed by atoms with Crippen LogP contribution < -0.4 is 0 Å². The summed E-state index contributed by atoms with van der Waals surface area (Å²) in [6.07, 6.45) is 0.854. The van der Waals surface area contributed by atoms with E-state index in [9.17, 15) is 9.59 Å². The second-order valence-corrected chi connectivity index (χ2v) is 6.58. The van der Waals surface area contributed by atoms with Crippen LogP contribution in [-0.2, 0) is 9.59 Å². The van der Waals surface area contributed by atoms with Gasteiger partial charge in [-0.15, -0.1) is 11.8 Å². The van der Waals surface area contributed by atoms with Crippen molar-refractivity contribution in [3.05, 3.63) is 29.8 Å². The monoisotopic (exact) mass is 306 g/mol. The highest BCUT2D eigenvalue weighted by Gasteiger charge is 2.19. The molecule has 21 heavy (non-hydrogen) atoms. The number of carbonyl (C=O) groups excluding carboxylic acids is 2. The fourth-order valence-corrected chi connectivity index (χ4v) is 3.06. The number of carbonyl (C=O) groups is 2. The van der Waals surface area contributed by atoms with Gasteiger partial charge < -0.3 is 9.80 Å². The van der Waals surface area contributed by atoms with Gasteiger partial charge in [-0.25, -0.2) is 0 Å². The lowest BCUT2D eigenvalue weighted by molar-refractivity contribution is -0.132. The summed E-state index contributed by atoms with van der Waals surface area (Å²) in [5, 5.41) is 0. The molecule has 0 unspecified atom stereocenters. The largest absolute Gasteiger partial charge is 0.342 e. The molecule has 4 nitrogen and oxygen atoms in total. The van der Waals surface area contributed by atoms with Crippen LogP contribution in [0.3, 0.4) is 0 Å². The second kappa shape index (κ2) is 7.50. The summed E-state index contributed by atoms with van der Waals surface area (Å²) < 4.78 is 0. The first-order valence-electron chi connectivity index (χ1n) is 7.30. The fraction of sp³-hybridized carbons (Fsp3) is 0.500. The van der Waals surface area contributed by atoms with Gasteiger partial charge in [-0.3, -0.25) is 9.59 Å². The maximum absolute atomic E-state index is 12.1. The van der Waals surface area contributed by atoms with Gasteiger partial charge in [0.2, 0.25) is 12.3 Å². The zero-order chi connectivity index (χ0) is 15.2. The van der Waals surface area contributed by atoms with E-state index in [0.717, 1.165) is 11.3 Å². The van der Waals surface area contributed by atoms with Crippen molar-refractivity contribution in [2.75, 3.05) is 31.9 Å². The van der Waals surface area contributed by atoms with Crippen LogP contribution in [0.5, 0.6) is 0 Å². The maximum atomic E-state index is 12.1. The molecule has 0 aromatic heterocycles. The van der Waals surface area contributed by atoms with Crippen LogP contribution in [0.2, 0.25) is 0 Å². The van der Waals surface area contributed by atoms with Crippen LogP contribution >= 0.6 is 11.8 Å². The molecule has 1 aromatic rings. The summed E-state index contributed by atoms with van der Waals surface area (Å²) >= 11 is 1.57. The highest BCUT2D eigenvalue weighted by atomic mass is 32.2. The lowest BCUT2D eigenvalue weighted by atomic mass is 10.0. The summed E-state index contributed by atoms with van der Waals surface area (Å²) in [6.45, 7) is 6.91. The van der Waals surface area contributed by atoms with Crippen molar-refractivity contribution in [1.29, 1.82) is 0 Å². The average molecular weight is 306 g/mol. The Labute approximate surface area is 130 Å². The lowest BCUT2D eigenvalue weighted by Crippen LogP contribution is -2.48. The van der Waals surface area contributed by atoms with Crippen LogP contribution in [0.4, 0.5) is 0 Å². The molecule has 114 valence electrons. The first-order chi connectivity index (χ1) is 10.1. The molecule has 1 saturated heterocycles. The predicted molar refractivity (Wildman–Crippen MR) is 85.5 cm³/mol. The average Bonchev–Trinajstić information content (AvgIpc) is 2.53. The summed E-state index contributed by atoms with van der Waals surface area (Å²) in [5.41, 5.74) is 1.32. The molecule has 0 radical (unpaired) electrons. The van der Waals surface area contributed by atoms with E-state index < -0.39 is 0 Å². The molecule has 2 amide bonds. The van der Waals surface area contributed by atoms with E-state index >= 15 is 0 Å². The Bertz CT molecular complexity index is 480. The predicted octanol–water partition coefficient (Wildman–Crippen LogP) is 2.20. The van der Waals surface area contributed by atoms with Crippen molar-refractivity contribution >= 4 is 24.1 Å². The number of hydrogen-bond donors (Lipinski definition) is 0. The van der Waals surface area contributed by atoms with E-state index in [1.54, 1.807) is 16.7 Å². The zero-order valence-corrected chi connectivity index (χ0v) is 13.4. The highest BCUT2D eigenvalue weighted by molar-refractivity contribution is 8.00. The molecule has 1 aliphatic heterocycles.